The van der Waals surface area contributed by atoms with Crippen LogP contribution in [0.25, 0.3) is 11.3 Å². The third kappa shape index (κ3) is 2.55. The Morgan fingerprint density at radius 1 is 1.22 bits per heavy atom. The molecule has 0 amide bonds. The van der Waals surface area contributed by atoms with E-state index in [1.807, 2.05) is 6.20 Å². The van der Waals surface area contributed by atoms with Crippen molar-refractivity contribution in [3.05, 3.63) is 53.7 Å². The molecule has 1 fully saturated rings. The molecule has 2 atom stereocenters. The van der Waals surface area contributed by atoms with Gasteiger partial charge in [0.05, 0.1) is 5.69 Å². The molecular weight excluding hydrogens is 244 g/mol. The van der Waals surface area contributed by atoms with E-state index >= 15 is 0 Å². The van der Waals surface area contributed by atoms with E-state index < -0.39 is 0 Å². The molecule has 1 aliphatic carbocycles. The van der Waals surface area contributed by atoms with Crippen molar-refractivity contribution in [2.45, 2.75) is 25.3 Å². The molecular formula is C15H17ClN2. The molecule has 1 saturated carbocycles. The Balaban J connectivity index is 0.00000120. The second-order valence-corrected chi connectivity index (χ2v) is 4.85. The minimum Gasteiger partial charge on any atom is -0.327 e. The smallest absolute Gasteiger partial charge is 0.0702 e. The Kier molecular flexibility index (Phi) is 3.69. The van der Waals surface area contributed by atoms with Crippen LogP contribution >= 0.6 is 12.4 Å². The van der Waals surface area contributed by atoms with Gasteiger partial charge in [-0.05, 0) is 31.0 Å². The van der Waals surface area contributed by atoms with Gasteiger partial charge in [0, 0.05) is 23.7 Å². The molecule has 2 N–H and O–H groups in total. The minimum atomic E-state index is 0. The molecule has 0 spiro atoms. The van der Waals surface area contributed by atoms with Gasteiger partial charge in [-0.1, -0.05) is 29.8 Å². The number of halogens is 1. The topological polar surface area (TPSA) is 38.9 Å². The normalized spacial score (nSPS) is 21.2. The maximum Gasteiger partial charge on any atom is 0.0702 e. The molecule has 0 saturated heterocycles. The van der Waals surface area contributed by atoms with Crippen LogP contribution in [0.5, 0.6) is 0 Å². The summed E-state index contributed by atoms with van der Waals surface area (Å²) in [7, 11) is 0. The molecule has 1 aliphatic rings. The Morgan fingerprint density at radius 3 is 2.56 bits per heavy atom. The van der Waals surface area contributed by atoms with Gasteiger partial charge in [0.2, 0.25) is 0 Å². The van der Waals surface area contributed by atoms with Crippen LogP contribution in [0.4, 0.5) is 0 Å². The van der Waals surface area contributed by atoms with Gasteiger partial charge in [-0.2, -0.15) is 0 Å². The Hall–Kier alpha value is -1.38. The molecule has 1 heterocycles. The van der Waals surface area contributed by atoms with Crippen LogP contribution in [0.15, 0.2) is 42.6 Å². The highest BCUT2D eigenvalue weighted by molar-refractivity contribution is 5.85. The van der Waals surface area contributed by atoms with Crippen molar-refractivity contribution >= 4 is 12.4 Å². The lowest BCUT2D eigenvalue weighted by Crippen LogP contribution is -2.01. The van der Waals surface area contributed by atoms with Crippen molar-refractivity contribution in [1.82, 2.24) is 4.98 Å². The molecule has 2 aromatic rings. The van der Waals surface area contributed by atoms with Crippen molar-refractivity contribution in [3.8, 4) is 11.3 Å². The summed E-state index contributed by atoms with van der Waals surface area (Å²) in [4.78, 5) is 4.53. The van der Waals surface area contributed by atoms with Gasteiger partial charge in [0.25, 0.3) is 0 Å². The molecule has 0 bridgehead atoms. The highest BCUT2D eigenvalue weighted by atomic mass is 35.5. The Morgan fingerprint density at radius 2 is 2.00 bits per heavy atom. The summed E-state index contributed by atoms with van der Waals surface area (Å²) < 4.78 is 0. The highest BCUT2D eigenvalue weighted by Crippen LogP contribution is 2.38. The first-order valence-corrected chi connectivity index (χ1v) is 6.02. The number of hydrogen-bond acceptors (Lipinski definition) is 2. The molecule has 1 aromatic carbocycles. The van der Waals surface area contributed by atoms with E-state index in [1.54, 1.807) is 0 Å². The number of hydrogen-bond donors (Lipinski definition) is 1. The average molecular weight is 261 g/mol. The van der Waals surface area contributed by atoms with E-state index in [0.29, 0.717) is 12.0 Å². The predicted octanol–water partition coefficient (Wildman–Crippen LogP) is 3.29. The van der Waals surface area contributed by atoms with Crippen LogP contribution in [0.1, 0.15) is 23.5 Å². The fraction of sp³-hybridized carbons (Fsp3) is 0.267. The lowest BCUT2D eigenvalue weighted by atomic mass is 10.1. The molecule has 0 unspecified atom stereocenters. The first-order valence-electron chi connectivity index (χ1n) is 6.02. The van der Waals surface area contributed by atoms with Crippen molar-refractivity contribution in [2.75, 3.05) is 0 Å². The minimum absolute atomic E-state index is 0. The number of aryl methyl sites for hydroxylation is 1. The molecule has 3 heteroatoms. The fourth-order valence-electron chi connectivity index (χ4n) is 2.20. The Labute approximate surface area is 114 Å². The van der Waals surface area contributed by atoms with Crippen LogP contribution in [-0.2, 0) is 0 Å². The second kappa shape index (κ2) is 5.09. The summed E-state index contributed by atoms with van der Waals surface area (Å²) in [5, 5.41) is 0. The number of aromatic nitrogens is 1. The van der Waals surface area contributed by atoms with E-state index in [1.165, 1.54) is 16.7 Å². The molecule has 18 heavy (non-hydrogen) atoms. The first-order chi connectivity index (χ1) is 8.24. The lowest BCUT2D eigenvalue weighted by molar-refractivity contribution is 0.981. The molecule has 3 rings (SSSR count). The van der Waals surface area contributed by atoms with Crippen molar-refractivity contribution in [2.24, 2.45) is 5.73 Å². The lowest BCUT2D eigenvalue weighted by Gasteiger charge is -2.03. The summed E-state index contributed by atoms with van der Waals surface area (Å²) in [6, 6.07) is 13.0. The van der Waals surface area contributed by atoms with Crippen LogP contribution in [0, 0.1) is 6.92 Å². The number of nitrogens with zero attached hydrogens (tertiary/aromatic N) is 1. The fourth-order valence-corrected chi connectivity index (χ4v) is 2.20. The van der Waals surface area contributed by atoms with Gasteiger partial charge in [-0.15, -0.1) is 12.4 Å². The number of nitrogens with two attached hydrogens (primary N) is 1. The average Bonchev–Trinajstić information content (AvgIpc) is 3.07. The number of rotatable bonds is 2. The van der Waals surface area contributed by atoms with Crippen LogP contribution < -0.4 is 5.73 Å². The third-order valence-corrected chi connectivity index (χ3v) is 3.37. The summed E-state index contributed by atoms with van der Waals surface area (Å²) in [5.74, 6) is 0.536. The quantitative estimate of drug-likeness (QED) is 0.900. The van der Waals surface area contributed by atoms with E-state index in [4.69, 9.17) is 5.73 Å². The standard InChI is InChI=1S/C15H16N2.ClH/c1-10-3-2-4-11(7-10)15-6-5-12(9-17-15)13-8-14(13)16;/h2-7,9,13-14H,8,16H2,1H3;1H/t13-,14+;/m0./s1. The van der Waals surface area contributed by atoms with E-state index in [9.17, 15) is 0 Å². The van der Waals surface area contributed by atoms with Crippen molar-refractivity contribution in [3.63, 3.8) is 0 Å². The third-order valence-electron chi connectivity index (χ3n) is 3.37. The van der Waals surface area contributed by atoms with Crippen LogP contribution in [0.2, 0.25) is 0 Å². The van der Waals surface area contributed by atoms with Gasteiger partial charge in [0.1, 0.15) is 0 Å². The highest BCUT2D eigenvalue weighted by Gasteiger charge is 2.34. The summed E-state index contributed by atoms with van der Waals surface area (Å²) >= 11 is 0. The van der Waals surface area contributed by atoms with Crippen molar-refractivity contribution in [1.29, 1.82) is 0 Å². The van der Waals surface area contributed by atoms with Gasteiger partial charge >= 0.3 is 0 Å². The molecule has 0 radical (unpaired) electrons. The maximum atomic E-state index is 5.84. The van der Waals surface area contributed by atoms with Gasteiger partial charge in [-0.3, -0.25) is 4.98 Å². The number of benzene rings is 1. The summed E-state index contributed by atoms with van der Waals surface area (Å²) in [6.07, 6.45) is 3.07. The van der Waals surface area contributed by atoms with Crippen LogP contribution in [0.3, 0.4) is 0 Å². The van der Waals surface area contributed by atoms with Gasteiger partial charge in [-0.25, -0.2) is 0 Å². The van der Waals surface area contributed by atoms with Gasteiger partial charge < -0.3 is 5.73 Å². The zero-order chi connectivity index (χ0) is 11.8. The van der Waals surface area contributed by atoms with E-state index in [0.717, 1.165) is 12.1 Å². The largest absolute Gasteiger partial charge is 0.327 e. The molecule has 94 valence electrons. The zero-order valence-corrected chi connectivity index (χ0v) is 11.2. The summed E-state index contributed by atoms with van der Waals surface area (Å²) in [5.41, 5.74) is 10.6. The zero-order valence-electron chi connectivity index (χ0n) is 10.3. The van der Waals surface area contributed by atoms with Crippen LogP contribution in [-0.4, -0.2) is 11.0 Å². The predicted molar refractivity (Wildman–Crippen MR) is 77.0 cm³/mol. The number of pyridine rings is 1. The van der Waals surface area contributed by atoms with Gasteiger partial charge in [0.15, 0.2) is 0 Å². The SMILES string of the molecule is Cc1cccc(-c2ccc([C@@H]3C[C@H]3N)cn2)c1.Cl. The molecule has 0 aliphatic heterocycles. The Bertz CT molecular complexity index is 536. The van der Waals surface area contributed by atoms with E-state index in [2.05, 4.69) is 48.3 Å². The monoisotopic (exact) mass is 260 g/mol. The summed E-state index contributed by atoms with van der Waals surface area (Å²) in [6.45, 7) is 2.10. The first kappa shape index (κ1) is 13.1. The van der Waals surface area contributed by atoms with E-state index in [-0.39, 0.29) is 12.4 Å². The molecule has 2 nitrogen and oxygen atoms in total. The maximum absolute atomic E-state index is 5.84. The second-order valence-electron chi connectivity index (χ2n) is 4.85. The van der Waals surface area contributed by atoms with Crippen molar-refractivity contribution < 1.29 is 0 Å². The molecule has 1 aromatic heterocycles.